The summed E-state index contributed by atoms with van der Waals surface area (Å²) in [5.41, 5.74) is 0.626. The van der Waals surface area contributed by atoms with Crippen molar-refractivity contribution in [2.24, 2.45) is 0 Å². The van der Waals surface area contributed by atoms with Crippen LogP contribution in [0, 0.1) is 0 Å². The fourth-order valence-corrected chi connectivity index (χ4v) is 4.63. The molecule has 30 heavy (non-hydrogen) atoms. The van der Waals surface area contributed by atoms with Crippen molar-refractivity contribution in [3.05, 3.63) is 64.2 Å². The minimum atomic E-state index is -4.76. The minimum absolute atomic E-state index is 0.278. The number of benzene rings is 2. The third kappa shape index (κ3) is 5.07. The van der Waals surface area contributed by atoms with Gasteiger partial charge in [0.15, 0.2) is 0 Å². The molecule has 2 aromatic rings. The number of rotatable bonds is 5. The number of hydrogen-bond acceptors (Lipinski definition) is 3. The van der Waals surface area contributed by atoms with Gasteiger partial charge in [-0.15, -0.1) is 0 Å². The lowest BCUT2D eigenvalue weighted by atomic mass is 9.88. The maximum absolute atomic E-state index is 13.2. The van der Waals surface area contributed by atoms with E-state index in [-0.39, 0.29) is 11.7 Å². The number of nitrogens with one attached hydrogen (secondary N) is 1. The Bertz CT molecular complexity index is 1060. The van der Waals surface area contributed by atoms with Crippen LogP contribution in [0.2, 0.25) is 5.02 Å². The van der Waals surface area contributed by atoms with Gasteiger partial charge in [-0.05, 0) is 48.6 Å². The van der Waals surface area contributed by atoms with E-state index in [1.54, 1.807) is 0 Å². The standard InChI is InChI=1S/C20H20ClF3N2O3S/c1-30(28,29)26(14-9-10-17(21)16(11-14)20(22,23)24)12-19(27)25-18-8-4-6-13-5-2-3-7-15(13)18/h2-3,5,7,9-11,18H,4,6,8,12H2,1H3,(H,25,27)/t18-/m0/s1. The van der Waals surface area contributed by atoms with Crippen LogP contribution in [0.25, 0.3) is 0 Å². The number of hydrogen-bond donors (Lipinski definition) is 1. The summed E-state index contributed by atoms with van der Waals surface area (Å²) in [7, 11) is -4.03. The molecule has 10 heteroatoms. The molecule has 0 aliphatic heterocycles. The van der Waals surface area contributed by atoms with Crippen LogP contribution < -0.4 is 9.62 Å². The van der Waals surface area contributed by atoms with Gasteiger partial charge in [0.2, 0.25) is 15.9 Å². The second kappa shape index (κ2) is 8.47. The smallest absolute Gasteiger partial charge is 0.348 e. The highest BCUT2D eigenvalue weighted by molar-refractivity contribution is 7.92. The molecule has 1 aliphatic rings. The van der Waals surface area contributed by atoms with E-state index in [1.807, 2.05) is 24.3 Å². The van der Waals surface area contributed by atoms with E-state index < -0.39 is 39.2 Å². The summed E-state index contributed by atoms with van der Waals surface area (Å²) in [4.78, 5) is 12.6. The van der Waals surface area contributed by atoms with Crippen molar-refractivity contribution in [2.75, 3.05) is 17.1 Å². The highest BCUT2D eigenvalue weighted by Gasteiger charge is 2.35. The lowest BCUT2D eigenvalue weighted by Gasteiger charge is -2.28. The van der Waals surface area contributed by atoms with Crippen LogP contribution in [-0.4, -0.2) is 27.1 Å². The highest BCUT2D eigenvalue weighted by Crippen LogP contribution is 2.37. The second-order valence-corrected chi connectivity index (χ2v) is 9.46. The summed E-state index contributed by atoms with van der Waals surface area (Å²) in [6, 6.07) is 10.1. The first kappa shape index (κ1) is 22.4. The number of carbonyl (C=O) groups is 1. The quantitative estimate of drug-likeness (QED) is 0.722. The third-order valence-electron chi connectivity index (χ3n) is 4.94. The predicted molar refractivity (Wildman–Crippen MR) is 109 cm³/mol. The van der Waals surface area contributed by atoms with Crippen molar-refractivity contribution >= 4 is 33.2 Å². The van der Waals surface area contributed by atoms with Gasteiger partial charge in [0.1, 0.15) is 6.54 Å². The van der Waals surface area contributed by atoms with Gasteiger partial charge in [0.05, 0.1) is 28.6 Å². The second-order valence-electron chi connectivity index (χ2n) is 7.14. The van der Waals surface area contributed by atoms with E-state index in [0.717, 1.165) is 42.4 Å². The molecule has 0 saturated heterocycles. The molecule has 2 aromatic carbocycles. The van der Waals surface area contributed by atoms with Crippen molar-refractivity contribution in [1.82, 2.24) is 5.32 Å². The van der Waals surface area contributed by atoms with Crippen LogP contribution in [0.4, 0.5) is 18.9 Å². The Morgan fingerprint density at radius 2 is 1.93 bits per heavy atom. The highest BCUT2D eigenvalue weighted by atomic mass is 35.5. The fourth-order valence-electron chi connectivity index (χ4n) is 3.56. The zero-order chi connectivity index (χ0) is 22.1. The Morgan fingerprint density at radius 3 is 2.60 bits per heavy atom. The van der Waals surface area contributed by atoms with Crippen LogP contribution in [0.3, 0.4) is 0 Å². The van der Waals surface area contributed by atoms with E-state index in [9.17, 15) is 26.4 Å². The SMILES string of the molecule is CS(=O)(=O)N(CC(=O)N[C@H]1CCCc2ccccc21)c1ccc(Cl)c(C(F)(F)F)c1. The van der Waals surface area contributed by atoms with Gasteiger partial charge in [-0.3, -0.25) is 9.10 Å². The van der Waals surface area contributed by atoms with E-state index >= 15 is 0 Å². The van der Waals surface area contributed by atoms with E-state index in [0.29, 0.717) is 16.8 Å². The molecule has 0 heterocycles. The van der Waals surface area contributed by atoms with Gasteiger partial charge >= 0.3 is 6.18 Å². The Morgan fingerprint density at radius 1 is 1.23 bits per heavy atom. The predicted octanol–water partition coefficient (Wildman–Crippen LogP) is 4.32. The largest absolute Gasteiger partial charge is 0.417 e. The molecule has 1 atom stereocenters. The Kier molecular flexibility index (Phi) is 6.33. The lowest BCUT2D eigenvalue weighted by Crippen LogP contribution is -2.42. The average molecular weight is 461 g/mol. The minimum Gasteiger partial charge on any atom is -0.348 e. The van der Waals surface area contributed by atoms with E-state index in [4.69, 9.17) is 11.6 Å². The molecule has 0 radical (unpaired) electrons. The van der Waals surface area contributed by atoms with Crippen LogP contribution >= 0.6 is 11.6 Å². The van der Waals surface area contributed by atoms with Gasteiger partial charge in [-0.2, -0.15) is 13.2 Å². The molecule has 0 fully saturated rings. The number of sulfonamides is 1. The molecular weight excluding hydrogens is 441 g/mol. The van der Waals surface area contributed by atoms with Gasteiger partial charge in [-0.1, -0.05) is 35.9 Å². The zero-order valence-electron chi connectivity index (χ0n) is 16.0. The molecule has 5 nitrogen and oxygen atoms in total. The summed E-state index contributed by atoms with van der Waals surface area (Å²) in [6.45, 7) is -0.642. The van der Waals surface area contributed by atoms with Crippen LogP contribution in [0.15, 0.2) is 42.5 Å². The van der Waals surface area contributed by atoms with E-state index in [2.05, 4.69) is 5.32 Å². The maximum atomic E-state index is 13.2. The summed E-state index contributed by atoms with van der Waals surface area (Å²) in [5.74, 6) is -0.606. The summed E-state index contributed by atoms with van der Waals surface area (Å²) >= 11 is 5.61. The van der Waals surface area contributed by atoms with Gasteiger partial charge < -0.3 is 5.32 Å². The third-order valence-corrected chi connectivity index (χ3v) is 6.41. The number of anilines is 1. The zero-order valence-corrected chi connectivity index (χ0v) is 17.6. The molecule has 0 aromatic heterocycles. The number of amides is 1. The summed E-state index contributed by atoms with van der Waals surface area (Å²) in [6.07, 6.45) is -1.48. The summed E-state index contributed by atoms with van der Waals surface area (Å²) < 4.78 is 64.6. The van der Waals surface area contributed by atoms with Crippen molar-refractivity contribution in [2.45, 2.75) is 31.5 Å². The average Bonchev–Trinajstić information content (AvgIpc) is 2.65. The van der Waals surface area contributed by atoms with Crippen molar-refractivity contribution in [1.29, 1.82) is 0 Å². The van der Waals surface area contributed by atoms with Gasteiger partial charge in [-0.25, -0.2) is 8.42 Å². The number of halogens is 4. The Labute approximate surface area is 177 Å². The molecular formula is C20H20ClF3N2O3S. The lowest BCUT2D eigenvalue weighted by molar-refractivity contribution is -0.137. The number of carbonyl (C=O) groups excluding carboxylic acids is 1. The number of alkyl halides is 3. The molecule has 1 amide bonds. The van der Waals surface area contributed by atoms with Crippen LogP contribution in [0.5, 0.6) is 0 Å². The maximum Gasteiger partial charge on any atom is 0.417 e. The fraction of sp³-hybridized carbons (Fsp3) is 0.350. The van der Waals surface area contributed by atoms with Gasteiger partial charge in [0.25, 0.3) is 0 Å². The van der Waals surface area contributed by atoms with Crippen molar-refractivity contribution in [3.63, 3.8) is 0 Å². The van der Waals surface area contributed by atoms with Crippen LogP contribution in [-0.2, 0) is 27.4 Å². The van der Waals surface area contributed by atoms with Gasteiger partial charge in [0, 0.05) is 0 Å². The number of aryl methyl sites for hydroxylation is 1. The molecule has 0 unspecified atom stereocenters. The topological polar surface area (TPSA) is 66.5 Å². The first-order valence-corrected chi connectivity index (χ1v) is 11.4. The molecule has 162 valence electrons. The monoisotopic (exact) mass is 460 g/mol. The molecule has 0 spiro atoms. The Balaban J connectivity index is 1.84. The molecule has 0 bridgehead atoms. The van der Waals surface area contributed by atoms with E-state index in [1.165, 1.54) is 0 Å². The number of nitrogens with zero attached hydrogens (tertiary/aromatic N) is 1. The van der Waals surface area contributed by atoms with Crippen LogP contribution in [0.1, 0.15) is 35.6 Å². The first-order chi connectivity index (χ1) is 14.0. The summed E-state index contributed by atoms with van der Waals surface area (Å²) in [5, 5.41) is 2.26. The van der Waals surface area contributed by atoms with Crippen molar-refractivity contribution < 1.29 is 26.4 Å². The molecule has 1 aliphatic carbocycles. The first-order valence-electron chi connectivity index (χ1n) is 9.18. The molecule has 3 rings (SSSR count). The molecule has 1 N–H and O–H groups in total. The normalized spacial score (nSPS) is 16.6. The Hall–Kier alpha value is -2.26. The number of fused-ring (bicyclic) bond motifs is 1. The van der Waals surface area contributed by atoms with Crippen molar-refractivity contribution in [3.8, 4) is 0 Å². The molecule has 0 saturated carbocycles.